The zero-order valence-electron chi connectivity index (χ0n) is 11.3. The third-order valence-corrected chi connectivity index (χ3v) is 3.45. The Kier molecular flexibility index (Phi) is 3.38. The highest BCUT2D eigenvalue weighted by Crippen LogP contribution is 2.49. The van der Waals surface area contributed by atoms with Crippen molar-refractivity contribution in [1.82, 2.24) is 10.2 Å². The van der Waals surface area contributed by atoms with E-state index in [1.807, 2.05) is 0 Å². The highest BCUT2D eigenvalue weighted by molar-refractivity contribution is 5.89. The Morgan fingerprint density at radius 3 is 2.52 bits per heavy atom. The van der Waals surface area contributed by atoms with Crippen LogP contribution in [0.25, 0.3) is 0 Å². The van der Waals surface area contributed by atoms with E-state index in [-0.39, 0.29) is 5.56 Å². The van der Waals surface area contributed by atoms with Gasteiger partial charge in [-0.1, -0.05) is 18.2 Å². The number of nitrogens with zero attached hydrogens (tertiary/aromatic N) is 1. The van der Waals surface area contributed by atoms with Gasteiger partial charge < -0.3 is 4.74 Å². The number of hydrogen-bond acceptors (Lipinski definition) is 3. The lowest BCUT2D eigenvalue weighted by Gasteiger charge is -2.21. The van der Waals surface area contributed by atoms with E-state index in [4.69, 9.17) is 0 Å². The van der Waals surface area contributed by atoms with Crippen molar-refractivity contribution >= 4 is 5.97 Å². The van der Waals surface area contributed by atoms with E-state index >= 15 is 0 Å². The number of H-pyrrole nitrogens is 1. The fourth-order valence-corrected chi connectivity index (χ4v) is 2.44. The highest BCUT2D eigenvalue weighted by Gasteiger charge is 2.56. The summed E-state index contributed by atoms with van der Waals surface area (Å²) in [5, 5.41) is 4.97. The molecule has 1 aromatic heterocycles. The quantitative estimate of drug-likeness (QED) is 0.676. The van der Waals surface area contributed by atoms with Crippen LogP contribution in [0.1, 0.15) is 33.4 Å². The Morgan fingerprint density at radius 1 is 1.26 bits per heavy atom. The molecular weight excluding hydrogens is 323 g/mol. The molecule has 23 heavy (non-hydrogen) atoms. The number of carbonyl (C=O) groups excluding carboxylic acids is 1. The third kappa shape index (κ3) is 2.66. The van der Waals surface area contributed by atoms with Crippen LogP contribution in [0, 0.1) is 0 Å². The number of fused-ring (bicyclic) bond motifs is 1. The first-order valence-corrected chi connectivity index (χ1v) is 6.48. The van der Waals surface area contributed by atoms with Crippen LogP contribution in [0.2, 0.25) is 0 Å². The van der Waals surface area contributed by atoms with E-state index in [2.05, 4.69) is 9.84 Å². The number of benzene rings is 1. The second-order valence-electron chi connectivity index (χ2n) is 5.05. The summed E-state index contributed by atoms with van der Waals surface area (Å²) < 4.78 is 71.4. The zero-order chi connectivity index (χ0) is 16.8. The molecule has 122 valence electrons. The summed E-state index contributed by atoms with van der Waals surface area (Å²) in [4.78, 5) is 11.9. The lowest BCUT2D eigenvalue weighted by Crippen LogP contribution is -2.28. The van der Waals surface area contributed by atoms with E-state index in [9.17, 15) is 26.7 Å². The van der Waals surface area contributed by atoms with Crippen molar-refractivity contribution in [3.8, 4) is 0 Å². The van der Waals surface area contributed by atoms with E-state index < -0.39 is 47.5 Å². The average molecular weight is 332 g/mol. The van der Waals surface area contributed by atoms with Crippen LogP contribution in [0.15, 0.2) is 30.3 Å². The smallest absolute Gasteiger partial charge is 0.433 e. The molecule has 0 fully saturated rings. The van der Waals surface area contributed by atoms with Crippen molar-refractivity contribution in [3.63, 3.8) is 0 Å². The van der Waals surface area contributed by atoms with Crippen LogP contribution < -0.4 is 0 Å². The van der Waals surface area contributed by atoms with Gasteiger partial charge in [0.15, 0.2) is 6.10 Å². The van der Waals surface area contributed by atoms with E-state index in [1.54, 1.807) is 11.2 Å². The number of alkyl halides is 5. The molecule has 0 radical (unpaired) electrons. The van der Waals surface area contributed by atoms with Gasteiger partial charge in [-0.2, -0.15) is 18.3 Å². The Hall–Kier alpha value is -2.45. The molecule has 0 saturated carbocycles. The van der Waals surface area contributed by atoms with Gasteiger partial charge in [0.1, 0.15) is 5.69 Å². The minimum absolute atomic E-state index is 0.0335. The number of aromatic nitrogens is 2. The minimum atomic E-state index is -4.90. The molecule has 4 nitrogen and oxygen atoms in total. The van der Waals surface area contributed by atoms with Gasteiger partial charge in [-0.25, -0.2) is 13.6 Å². The SMILES string of the molecule is O=C(OC1c2c(n[nH]c2C(F)(F)F)CC1(F)F)c1ccccc1. The first kappa shape index (κ1) is 15.4. The molecule has 2 aromatic rings. The maximum atomic E-state index is 14.0. The lowest BCUT2D eigenvalue weighted by atomic mass is 10.1. The summed E-state index contributed by atoms with van der Waals surface area (Å²) >= 11 is 0. The predicted octanol–water partition coefficient (Wildman–Crippen LogP) is 3.52. The second-order valence-corrected chi connectivity index (χ2v) is 5.05. The number of esters is 1. The number of halogens is 5. The summed E-state index contributed by atoms with van der Waals surface area (Å²) in [6.45, 7) is 0. The number of carbonyl (C=O) groups is 1. The fourth-order valence-electron chi connectivity index (χ4n) is 2.44. The maximum absolute atomic E-state index is 14.0. The molecule has 1 N–H and O–H groups in total. The van der Waals surface area contributed by atoms with Crippen LogP contribution in [0.4, 0.5) is 22.0 Å². The molecule has 1 aromatic carbocycles. The molecule has 1 heterocycles. The van der Waals surface area contributed by atoms with Crippen molar-refractivity contribution < 1.29 is 31.5 Å². The number of ether oxygens (including phenoxy) is 1. The molecule has 1 unspecified atom stereocenters. The summed E-state index contributed by atoms with van der Waals surface area (Å²) in [7, 11) is 0. The summed E-state index contributed by atoms with van der Waals surface area (Å²) in [6, 6.07) is 7.19. The van der Waals surface area contributed by atoms with Crippen molar-refractivity contribution in [3.05, 3.63) is 52.8 Å². The van der Waals surface area contributed by atoms with Gasteiger partial charge in [0.2, 0.25) is 0 Å². The summed E-state index contributed by atoms with van der Waals surface area (Å²) in [5.41, 5.74) is -2.72. The van der Waals surface area contributed by atoms with Gasteiger partial charge in [0.25, 0.3) is 5.92 Å². The molecule has 1 aliphatic carbocycles. The first-order valence-electron chi connectivity index (χ1n) is 6.48. The largest absolute Gasteiger partial charge is 0.447 e. The van der Waals surface area contributed by atoms with Crippen LogP contribution in [-0.4, -0.2) is 22.1 Å². The second kappa shape index (κ2) is 5.04. The van der Waals surface area contributed by atoms with Crippen LogP contribution >= 0.6 is 0 Å². The third-order valence-electron chi connectivity index (χ3n) is 3.45. The lowest BCUT2D eigenvalue weighted by molar-refractivity contribution is -0.146. The number of rotatable bonds is 2. The zero-order valence-corrected chi connectivity index (χ0v) is 11.3. The van der Waals surface area contributed by atoms with Crippen molar-refractivity contribution in [2.45, 2.75) is 24.6 Å². The molecule has 0 bridgehead atoms. The Labute approximate surface area is 126 Å². The van der Waals surface area contributed by atoms with E-state index in [1.165, 1.54) is 24.3 Å². The molecule has 0 aliphatic heterocycles. The minimum Gasteiger partial charge on any atom is -0.447 e. The van der Waals surface area contributed by atoms with E-state index in [0.29, 0.717) is 0 Å². The van der Waals surface area contributed by atoms with Crippen molar-refractivity contribution in [2.75, 3.05) is 0 Å². The van der Waals surface area contributed by atoms with Gasteiger partial charge >= 0.3 is 12.1 Å². The fraction of sp³-hybridized carbons (Fsp3) is 0.286. The van der Waals surface area contributed by atoms with Crippen molar-refractivity contribution in [1.29, 1.82) is 0 Å². The molecule has 1 atom stereocenters. The molecule has 0 saturated heterocycles. The van der Waals surface area contributed by atoms with Gasteiger partial charge in [-0.05, 0) is 12.1 Å². The van der Waals surface area contributed by atoms with Crippen LogP contribution in [-0.2, 0) is 17.3 Å². The number of aromatic amines is 1. The Morgan fingerprint density at radius 2 is 1.91 bits per heavy atom. The molecular formula is C14H9F5N2O2. The normalized spacial score (nSPS) is 19.4. The summed E-state index contributed by atoms with van der Waals surface area (Å²) in [6.07, 6.45) is -8.26. The monoisotopic (exact) mass is 332 g/mol. The van der Waals surface area contributed by atoms with E-state index in [0.717, 1.165) is 0 Å². The standard InChI is InChI=1S/C14H9F5N2O2/c15-13(16)6-8-9(10(21-20-8)14(17,18)19)11(13)23-12(22)7-4-2-1-3-5-7/h1-5,11H,6H2,(H,20,21). The van der Waals surface area contributed by atoms with Crippen LogP contribution in [0.3, 0.4) is 0 Å². The number of nitrogens with one attached hydrogen (secondary N) is 1. The predicted molar refractivity (Wildman–Crippen MR) is 66.8 cm³/mol. The molecule has 0 spiro atoms. The Bertz CT molecular complexity index is 739. The molecule has 1 aliphatic rings. The molecule has 9 heteroatoms. The number of hydrogen-bond donors (Lipinski definition) is 1. The maximum Gasteiger partial charge on any atom is 0.433 e. The van der Waals surface area contributed by atoms with Gasteiger partial charge in [-0.15, -0.1) is 0 Å². The average Bonchev–Trinajstić information content (AvgIpc) is 2.97. The van der Waals surface area contributed by atoms with Gasteiger partial charge in [-0.3, -0.25) is 5.10 Å². The molecule has 3 rings (SSSR count). The summed E-state index contributed by atoms with van der Waals surface area (Å²) in [5.74, 6) is -4.78. The van der Waals surface area contributed by atoms with Crippen molar-refractivity contribution in [2.24, 2.45) is 0 Å². The molecule has 0 amide bonds. The van der Waals surface area contributed by atoms with Crippen LogP contribution in [0.5, 0.6) is 0 Å². The van der Waals surface area contributed by atoms with Gasteiger partial charge in [0.05, 0.1) is 23.2 Å². The first-order chi connectivity index (χ1) is 10.7. The Balaban J connectivity index is 1.96. The van der Waals surface area contributed by atoms with Gasteiger partial charge in [0, 0.05) is 0 Å². The topological polar surface area (TPSA) is 55.0 Å². The highest BCUT2D eigenvalue weighted by atomic mass is 19.4.